The van der Waals surface area contributed by atoms with Crippen LogP contribution in [0.2, 0.25) is 0 Å². The standard InChI is InChI=1S/C15H23N3O5/c16-15(10-19,6-1-2-7-17-14(22)23)18-8-5-11-3-4-12(20)13(21)9-11/h3-4,9-10,17-18,20-21H,1-2,5-8,16H2,(H,22,23). The molecule has 0 spiro atoms. The van der Waals surface area contributed by atoms with Crippen molar-refractivity contribution in [2.75, 3.05) is 13.1 Å². The molecule has 1 rings (SSSR count). The summed E-state index contributed by atoms with van der Waals surface area (Å²) in [6, 6.07) is 4.52. The number of benzene rings is 1. The molecule has 23 heavy (non-hydrogen) atoms. The summed E-state index contributed by atoms with van der Waals surface area (Å²) in [6.07, 6.45) is 1.68. The Balaban J connectivity index is 2.34. The van der Waals surface area contributed by atoms with Crippen LogP contribution in [0.4, 0.5) is 4.79 Å². The molecule has 0 fully saturated rings. The lowest BCUT2D eigenvalue weighted by Gasteiger charge is -2.24. The highest BCUT2D eigenvalue weighted by Gasteiger charge is 2.22. The summed E-state index contributed by atoms with van der Waals surface area (Å²) < 4.78 is 0. The van der Waals surface area contributed by atoms with E-state index in [0.717, 1.165) is 5.56 Å². The Morgan fingerprint density at radius 2 is 1.96 bits per heavy atom. The highest BCUT2D eigenvalue weighted by molar-refractivity contribution is 5.64. The third-order valence-electron chi connectivity index (χ3n) is 3.41. The van der Waals surface area contributed by atoms with Crippen LogP contribution in [0.1, 0.15) is 24.8 Å². The minimum Gasteiger partial charge on any atom is -0.504 e. The average molecular weight is 325 g/mol. The van der Waals surface area contributed by atoms with Crippen LogP contribution in [0.15, 0.2) is 18.2 Å². The van der Waals surface area contributed by atoms with E-state index in [1.165, 1.54) is 12.1 Å². The van der Waals surface area contributed by atoms with Gasteiger partial charge in [0, 0.05) is 13.1 Å². The Labute approximate surface area is 134 Å². The zero-order chi connectivity index (χ0) is 17.3. The number of nitrogens with two attached hydrogens (primary N) is 1. The van der Waals surface area contributed by atoms with Crippen molar-refractivity contribution in [3.05, 3.63) is 23.8 Å². The number of hydrogen-bond donors (Lipinski definition) is 6. The fourth-order valence-corrected chi connectivity index (χ4v) is 2.09. The maximum Gasteiger partial charge on any atom is 0.404 e. The van der Waals surface area contributed by atoms with Gasteiger partial charge in [-0.1, -0.05) is 6.07 Å². The number of nitrogens with one attached hydrogen (secondary N) is 2. The van der Waals surface area contributed by atoms with Crippen molar-refractivity contribution in [2.24, 2.45) is 5.73 Å². The number of amides is 1. The SMILES string of the molecule is NC(C=O)(CCCCNC(=O)O)NCCc1ccc(O)c(O)c1. The number of hydrogen-bond acceptors (Lipinski definition) is 6. The second-order valence-electron chi connectivity index (χ2n) is 5.35. The first-order valence-corrected chi connectivity index (χ1v) is 7.34. The first-order chi connectivity index (χ1) is 10.9. The number of aldehydes is 1. The van der Waals surface area contributed by atoms with Gasteiger partial charge in [0.25, 0.3) is 0 Å². The topological polar surface area (TPSA) is 145 Å². The molecule has 0 saturated heterocycles. The Morgan fingerprint density at radius 1 is 1.22 bits per heavy atom. The van der Waals surface area contributed by atoms with Crippen molar-refractivity contribution >= 4 is 12.4 Å². The second-order valence-corrected chi connectivity index (χ2v) is 5.35. The Bertz CT molecular complexity index is 538. The normalized spacial score (nSPS) is 13.3. The van der Waals surface area contributed by atoms with E-state index in [2.05, 4.69) is 10.6 Å². The van der Waals surface area contributed by atoms with Crippen LogP contribution in [0.3, 0.4) is 0 Å². The van der Waals surface area contributed by atoms with Gasteiger partial charge in [-0.25, -0.2) is 4.79 Å². The lowest BCUT2D eigenvalue weighted by molar-refractivity contribution is -0.113. The number of carbonyl (C=O) groups is 2. The van der Waals surface area contributed by atoms with Gasteiger partial charge in [-0.2, -0.15) is 0 Å². The molecular weight excluding hydrogens is 302 g/mol. The molecule has 0 heterocycles. The van der Waals surface area contributed by atoms with Gasteiger partial charge >= 0.3 is 6.09 Å². The summed E-state index contributed by atoms with van der Waals surface area (Å²) in [5.74, 6) is -0.374. The lowest BCUT2D eigenvalue weighted by atomic mass is 10.0. The smallest absolute Gasteiger partial charge is 0.404 e. The number of carbonyl (C=O) groups excluding carboxylic acids is 1. The van der Waals surface area contributed by atoms with E-state index in [0.29, 0.717) is 45.1 Å². The zero-order valence-electron chi connectivity index (χ0n) is 12.8. The number of rotatable bonds is 10. The van der Waals surface area contributed by atoms with Gasteiger partial charge in [0.1, 0.15) is 5.66 Å². The number of carboxylic acid groups (broad SMARTS) is 1. The molecule has 8 heteroatoms. The van der Waals surface area contributed by atoms with Crippen molar-refractivity contribution in [3.63, 3.8) is 0 Å². The fourth-order valence-electron chi connectivity index (χ4n) is 2.09. The van der Waals surface area contributed by atoms with Crippen LogP contribution in [0.25, 0.3) is 0 Å². The maximum atomic E-state index is 11.2. The largest absolute Gasteiger partial charge is 0.504 e. The van der Waals surface area contributed by atoms with Crippen LogP contribution >= 0.6 is 0 Å². The first kappa shape index (κ1) is 18.7. The van der Waals surface area contributed by atoms with Gasteiger partial charge in [-0.05, 0) is 43.4 Å². The summed E-state index contributed by atoms with van der Waals surface area (Å²) in [6.45, 7) is 0.740. The molecule has 8 nitrogen and oxygen atoms in total. The van der Waals surface area contributed by atoms with Crippen LogP contribution in [0, 0.1) is 0 Å². The number of aromatic hydroxyl groups is 2. The molecular formula is C15H23N3O5. The minimum atomic E-state index is -1.16. The minimum absolute atomic E-state index is 0.183. The van der Waals surface area contributed by atoms with Crippen molar-refractivity contribution in [1.29, 1.82) is 0 Å². The summed E-state index contributed by atoms with van der Waals surface area (Å²) in [5, 5.41) is 32.3. The zero-order valence-corrected chi connectivity index (χ0v) is 12.8. The van der Waals surface area contributed by atoms with Crippen LogP contribution in [-0.4, -0.2) is 46.5 Å². The van der Waals surface area contributed by atoms with E-state index in [9.17, 15) is 19.8 Å². The van der Waals surface area contributed by atoms with E-state index < -0.39 is 11.8 Å². The average Bonchev–Trinajstić information content (AvgIpc) is 2.50. The molecule has 7 N–H and O–H groups in total. The summed E-state index contributed by atoms with van der Waals surface area (Å²) in [7, 11) is 0. The quantitative estimate of drug-likeness (QED) is 0.159. The van der Waals surface area contributed by atoms with Crippen molar-refractivity contribution in [2.45, 2.75) is 31.3 Å². The van der Waals surface area contributed by atoms with Crippen LogP contribution in [-0.2, 0) is 11.2 Å². The Morgan fingerprint density at radius 3 is 2.57 bits per heavy atom. The van der Waals surface area contributed by atoms with E-state index in [1.54, 1.807) is 6.07 Å². The number of phenols is 2. The summed E-state index contributed by atoms with van der Waals surface area (Å²) in [4.78, 5) is 21.5. The molecule has 128 valence electrons. The van der Waals surface area contributed by atoms with Crippen molar-refractivity contribution < 1.29 is 24.9 Å². The monoisotopic (exact) mass is 325 g/mol. The van der Waals surface area contributed by atoms with E-state index in [1.807, 2.05) is 0 Å². The molecule has 0 saturated carbocycles. The fraction of sp³-hybridized carbons (Fsp3) is 0.467. The third-order valence-corrected chi connectivity index (χ3v) is 3.41. The predicted molar refractivity (Wildman–Crippen MR) is 84.3 cm³/mol. The molecule has 1 amide bonds. The highest BCUT2D eigenvalue weighted by atomic mass is 16.4. The lowest BCUT2D eigenvalue weighted by Crippen LogP contribution is -2.55. The molecule has 0 aromatic heterocycles. The number of phenolic OH excluding ortho intramolecular Hbond substituents is 2. The van der Waals surface area contributed by atoms with Gasteiger partial charge in [0.15, 0.2) is 17.8 Å². The maximum absolute atomic E-state index is 11.2. The van der Waals surface area contributed by atoms with E-state index in [4.69, 9.17) is 10.8 Å². The molecule has 0 aliphatic heterocycles. The van der Waals surface area contributed by atoms with Crippen LogP contribution in [0.5, 0.6) is 11.5 Å². The van der Waals surface area contributed by atoms with Gasteiger partial charge in [-0.15, -0.1) is 0 Å². The highest BCUT2D eigenvalue weighted by Crippen LogP contribution is 2.24. The van der Waals surface area contributed by atoms with Crippen molar-refractivity contribution in [1.82, 2.24) is 10.6 Å². The van der Waals surface area contributed by atoms with E-state index in [-0.39, 0.29) is 11.5 Å². The molecule has 0 aliphatic rings. The van der Waals surface area contributed by atoms with Gasteiger partial charge in [0.2, 0.25) is 0 Å². The number of unbranched alkanes of at least 4 members (excludes halogenated alkanes) is 1. The Kier molecular flexibility index (Phi) is 7.30. The first-order valence-electron chi connectivity index (χ1n) is 7.34. The molecule has 0 aliphatic carbocycles. The molecule has 1 atom stereocenters. The Hall–Kier alpha value is -2.32. The van der Waals surface area contributed by atoms with E-state index >= 15 is 0 Å². The van der Waals surface area contributed by atoms with Gasteiger partial charge in [-0.3, -0.25) is 10.1 Å². The van der Waals surface area contributed by atoms with Gasteiger partial charge in [0.05, 0.1) is 0 Å². The molecule has 1 unspecified atom stereocenters. The summed E-state index contributed by atoms with van der Waals surface area (Å²) >= 11 is 0. The van der Waals surface area contributed by atoms with Crippen molar-refractivity contribution in [3.8, 4) is 11.5 Å². The predicted octanol–water partition coefficient (Wildman–Crippen LogP) is 0.522. The molecule has 1 aromatic carbocycles. The van der Waals surface area contributed by atoms with Crippen LogP contribution < -0.4 is 16.4 Å². The summed E-state index contributed by atoms with van der Waals surface area (Å²) in [5.41, 5.74) is 5.59. The second kappa shape index (κ2) is 8.96. The third kappa shape index (κ3) is 6.98. The molecule has 1 aromatic rings. The van der Waals surface area contributed by atoms with Gasteiger partial charge < -0.3 is 26.4 Å². The molecule has 0 bridgehead atoms. The molecule has 0 radical (unpaired) electrons.